The van der Waals surface area contributed by atoms with E-state index in [4.69, 9.17) is 4.74 Å². The lowest BCUT2D eigenvalue weighted by atomic mass is 9.92. The molecule has 0 amide bonds. The first-order chi connectivity index (χ1) is 17.3. The number of nitrogens with zero attached hydrogens (tertiary/aromatic N) is 3. The fourth-order valence-electron chi connectivity index (χ4n) is 4.47. The number of hydrogen-bond donors (Lipinski definition) is 1. The Morgan fingerprint density at radius 3 is 2.58 bits per heavy atom. The van der Waals surface area contributed by atoms with Gasteiger partial charge in [-0.05, 0) is 48.7 Å². The van der Waals surface area contributed by atoms with Crippen LogP contribution in [0.25, 0.3) is 22.3 Å². The van der Waals surface area contributed by atoms with Gasteiger partial charge in [0.25, 0.3) is 0 Å². The van der Waals surface area contributed by atoms with Crippen LogP contribution in [0.1, 0.15) is 30.5 Å². The molecule has 1 aliphatic heterocycles. The third-order valence-electron chi connectivity index (χ3n) is 6.28. The van der Waals surface area contributed by atoms with Gasteiger partial charge in [-0.15, -0.1) is 0 Å². The number of ether oxygens (including phenoxy) is 1. The summed E-state index contributed by atoms with van der Waals surface area (Å²) in [6.45, 7) is 1.99. The van der Waals surface area contributed by atoms with Gasteiger partial charge in [0.05, 0.1) is 24.4 Å². The third kappa shape index (κ3) is 4.36. The first kappa shape index (κ1) is 23.7. The van der Waals surface area contributed by atoms with E-state index in [0.29, 0.717) is 40.1 Å². The number of methoxy groups -OCH3 is 1. The summed E-state index contributed by atoms with van der Waals surface area (Å²) in [5, 5.41) is 3.95. The van der Waals surface area contributed by atoms with E-state index in [1.807, 2.05) is 6.92 Å². The molecule has 5 rings (SSSR count). The van der Waals surface area contributed by atoms with Crippen LogP contribution in [-0.2, 0) is 6.18 Å². The summed E-state index contributed by atoms with van der Waals surface area (Å²) in [4.78, 5) is 13.5. The van der Waals surface area contributed by atoms with Crippen LogP contribution < -0.4 is 10.1 Å². The van der Waals surface area contributed by atoms with Gasteiger partial charge in [0.15, 0.2) is 5.82 Å². The number of para-hydroxylation sites is 1. The zero-order valence-corrected chi connectivity index (χ0v) is 19.5. The Morgan fingerprint density at radius 2 is 1.81 bits per heavy atom. The Balaban J connectivity index is 1.72. The first-order valence-electron chi connectivity index (χ1n) is 11.4. The zero-order valence-electron chi connectivity index (χ0n) is 19.5. The van der Waals surface area contributed by atoms with Gasteiger partial charge < -0.3 is 10.1 Å². The van der Waals surface area contributed by atoms with E-state index in [1.165, 1.54) is 37.4 Å². The average molecular weight is 494 g/mol. The Bertz CT molecular complexity index is 1470. The molecule has 184 valence electrons. The number of benzene rings is 3. The number of hydrogen-bond acceptors (Lipinski definition) is 5. The van der Waals surface area contributed by atoms with Crippen LogP contribution in [0.3, 0.4) is 0 Å². The van der Waals surface area contributed by atoms with Crippen molar-refractivity contribution in [3.05, 3.63) is 77.6 Å². The van der Waals surface area contributed by atoms with Crippen LogP contribution in [0.2, 0.25) is 0 Å². The van der Waals surface area contributed by atoms with Crippen molar-refractivity contribution in [2.24, 2.45) is 10.9 Å². The Hall–Kier alpha value is -4.01. The monoisotopic (exact) mass is 494 g/mol. The molecule has 1 aliphatic rings. The number of anilines is 1. The molecule has 3 aromatic carbocycles. The number of nitrogens with one attached hydrogen (secondary N) is 1. The van der Waals surface area contributed by atoms with E-state index in [1.54, 1.807) is 30.5 Å². The predicted octanol–water partition coefficient (Wildman–Crippen LogP) is 7.36. The summed E-state index contributed by atoms with van der Waals surface area (Å²) in [7, 11) is 1.47. The number of fused-ring (bicyclic) bond motifs is 2. The standard InChI is InChI=1S/C27H22F4N4O/c1-15-12-13-32-21-11-10-16(28)14-19(21)23(15)33-26-18-7-5-9-22(36-2)24(18)34-25(35-26)17-6-3-4-8-20(17)27(29,30)31/h3-11,13-15,23H,12H2,1-2H3,(H,33,34,35). The molecule has 1 N–H and O–H groups in total. The highest BCUT2D eigenvalue weighted by atomic mass is 19.4. The van der Waals surface area contributed by atoms with Crippen molar-refractivity contribution >= 4 is 28.6 Å². The minimum atomic E-state index is -4.59. The lowest BCUT2D eigenvalue weighted by Gasteiger charge is -2.26. The van der Waals surface area contributed by atoms with Crippen molar-refractivity contribution in [1.82, 2.24) is 9.97 Å². The van der Waals surface area contributed by atoms with Crippen LogP contribution in [0.15, 0.2) is 65.7 Å². The molecule has 4 aromatic rings. The van der Waals surface area contributed by atoms with Crippen molar-refractivity contribution in [2.45, 2.75) is 25.6 Å². The molecule has 0 saturated heterocycles. The normalized spacial score (nSPS) is 17.5. The number of aliphatic imine (C=N–C) groups is 1. The van der Waals surface area contributed by atoms with E-state index >= 15 is 0 Å². The molecule has 2 atom stereocenters. The van der Waals surface area contributed by atoms with Crippen molar-refractivity contribution in [3.8, 4) is 17.1 Å². The molecule has 5 nitrogen and oxygen atoms in total. The van der Waals surface area contributed by atoms with Gasteiger partial charge in [0.1, 0.15) is 22.9 Å². The van der Waals surface area contributed by atoms with Gasteiger partial charge in [0, 0.05) is 22.7 Å². The number of rotatable bonds is 4. The topological polar surface area (TPSA) is 59.4 Å². The Morgan fingerprint density at radius 1 is 1.00 bits per heavy atom. The fraction of sp³-hybridized carbons (Fsp3) is 0.222. The zero-order chi connectivity index (χ0) is 25.4. The lowest BCUT2D eigenvalue weighted by Crippen LogP contribution is -2.20. The minimum Gasteiger partial charge on any atom is -0.494 e. The fourth-order valence-corrected chi connectivity index (χ4v) is 4.47. The highest BCUT2D eigenvalue weighted by Gasteiger charge is 2.34. The summed E-state index contributed by atoms with van der Waals surface area (Å²) in [5.74, 6) is 0.198. The predicted molar refractivity (Wildman–Crippen MR) is 131 cm³/mol. The molecule has 0 aliphatic carbocycles. The smallest absolute Gasteiger partial charge is 0.417 e. The van der Waals surface area contributed by atoms with Crippen LogP contribution >= 0.6 is 0 Å². The maximum atomic E-state index is 14.2. The molecule has 2 heterocycles. The molecule has 0 saturated carbocycles. The molecule has 1 aromatic heterocycles. The van der Waals surface area contributed by atoms with Crippen LogP contribution in [0, 0.1) is 11.7 Å². The van der Waals surface area contributed by atoms with E-state index in [2.05, 4.69) is 20.3 Å². The highest BCUT2D eigenvalue weighted by molar-refractivity contribution is 5.95. The number of halogens is 4. The number of aromatic nitrogens is 2. The van der Waals surface area contributed by atoms with Gasteiger partial charge in [-0.1, -0.05) is 31.2 Å². The second-order valence-corrected chi connectivity index (χ2v) is 8.65. The third-order valence-corrected chi connectivity index (χ3v) is 6.28. The molecule has 0 fully saturated rings. The van der Waals surface area contributed by atoms with Gasteiger partial charge in [-0.3, -0.25) is 4.99 Å². The van der Waals surface area contributed by atoms with E-state index in [-0.39, 0.29) is 17.3 Å². The molecular formula is C27H22F4N4O. The summed E-state index contributed by atoms with van der Waals surface area (Å²) in [6.07, 6.45) is -2.19. The first-order valence-corrected chi connectivity index (χ1v) is 11.4. The number of alkyl halides is 3. The van der Waals surface area contributed by atoms with Crippen molar-refractivity contribution in [1.29, 1.82) is 0 Å². The molecular weight excluding hydrogens is 472 g/mol. The summed E-state index contributed by atoms with van der Waals surface area (Å²) in [6, 6.07) is 14.4. The SMILES string of the molecule is COc1cccc2c(NC3c4cc(F)ccc4N=CCC3C)nc(-c3ccccc3C(F)(F)F)nc12. The Kier molecular flexibility index (Phi) is 6.07. The van der Waals surface area contributed by atoms with Crippen LogP contribution in [0.4, 0.5) is 29.1 Å². The van der Waals surface area contributed by atoms with Gasteiger partial charge in [-0.25, -0.2) is 14.4 Å². The second kappa shape index (κ2) is 9.22. The maximum Gasteiger partial charge on any atom is 0.417 e. The van der Waals surface area contributed by atoms with E-state index < -0.39 is 23.6 Å². The van der Waals surface area contributed by atoms with Gasteiger partial charge >= 0.3 is 6.18 Å². The van der Waals surface area contributed by atoms with Crippen LogP contribution in [0.5, 0.6) is 5.75 Å². The molecule has 0 bridgehead atoms. The van der Waals surface area contributed by atoms with Crippen molar-refractivity contribution < 1.29 is 22.3 Å². The molecule has 36 heavy (non-hydrogen) atoms. The minimum absolute atomic E-state index is 0.0154. The maximum absolute atomic E-state index is 14.2. The Labute approximate surface area is 204 Å². The molecule has 2 unspecified atom stereocenters. The largest absolute Gasteiger partial charge is 0.494 e. The highest BCUT2D eigenvalue weighted by Crippen LogP contribution is 2.41. The molecule has 0 radical (unpaired) electrons. The lowest BCUT2D eigenvalue weighted by molar-refractivity contribution is -0.137. The summed E-state index contributed by atoms with van der Waals surface area (Å²) in [5.41, 5.74) is 0.639. The second-order valence-electron chi connectivity index (χ2n) is 8.65. The molecule has 0 spiro atoms. The van der Waals surface area contributed by atoms with Gasteiger partial charge in [0.2, 0.25) is 0 Å². The van der Waals surface area contributed by atoms with Crippen molar-refractivity contribution in [2.75, 3.05) is 12.4 Å². The van der Waals surface area contributed by atoms with Crippen molar-refractivity contribution in [3.63, 3.8) is 0 Å². The molecule has 9 heteroatoms. The van der Waals surface area contributed by atoms with E-state index in [0.717, 1.165) is 6.07 Å². The average Bonchev–Trinajstić information content (AvgIpc) is 3.01. The summed E-state index contributed by atoms with van der Waals surface area (Å²) >= 11 is 0. The van der Waals surface area contributed by atoms with Crippen LogP contribution in [-0.4, -0.2) is 23.3 Å². The van der Waals surface area contributed by atoms with Gasteiger partial charge in [-0.2, -0.15) is 13.2 Å². The van der Waals surface area contributed by atoms with E-state index in [9.17, 15) is 17.6 Å². The quantitative estimate of drug-likeness (QED) is 0.301. The summed E-state index contributed by atoms with van der Waals surface area (Å²) < 4.78 is 61.2.